The van der Waals surface area contributed by atoms with Crippen LogP contribution >= 0.6 is 11.6 Å². The van der Waals surface area contributed by atoms with Crippen molar-refractivity contribution >= 4 is 11.6 Å². The lowest BCUT2D eigenvalue weighted by atomic mass is 10.2. The van der Waals surface area contributed by atoms with E-state index in [9.17, 15) is 0 Å². The van der Waals surface area contributed by atoms with Gasteiger partial charge < -0.3 is 4.74 Å². The molecule has 12 heavy (non-hydrogen) atoms. The number of benzene rings is 1. The number of hydrogen-bond donors (Lipinski definition) is 1. The minimum absolute atomic E-state index is 0.351. The lowest BCUT2D eigenvalue weighted by Gasteiger charge is -2.04. The molecule has 1 aromatic rings. The van der Waals surface area contributed by atoms with E-state index in [1.54, 1.807) is 19.2 Å². The average molecular weight is 188 g/mol. The van der Waals surface area contributed by atoms with Gasteiger partial charge in [-0.25, -0.2) is 5.90 Å². The first-order valence-electron chi connectivity index (χ1n) is 3.42. The molecule has 1 rings (SSSR count). The van der Waals surface area contributed by atoms with Gasteiger partial charge in [0.05, 0.1) is 18.7 Å². The Labute approximate surface area is 76.0 Å². The van der Waals surface area contributed by atoms with E-state index in [-0.39, 0.29) is 0 Å². The van der Waals surface area contributed by atoms with E-state index in [1.807, 2.05) is 6.07 Å². The first-order chi connectivity index (χ1) is 5.77. The van der Waals surface area contributed by atoms with Gasteiger partial charge in [0, 0.05) is 0 Å². The molecule has 0 atom stereocenters. The zero-order valence-corrected chi connectivity index (χ0v) is 7.47. The Bertz CT molecular complexity index is 265. The number of methoxy groups -OCH3 is 1. The number of ether oxygens (including phenoxy) is 1. The Morgan fingerprint density at radius 2 is 2.25 bits per heavy atom. The van der Waals surface area contributed by atoms with E-state index >= 15 is 0 Å². The van der Waals surface area contributed by atoms with Crippen molar-refractivity contribution in [2.45, 2.75) is 6.61 Å². The lowest BCUT2D eigenvalue weighted by Crippen LogP contribution is -1.98. The van der Waals surface area contributed by atoms with Crippen LogP contribution in [0.4, 0.5) is 0 Å². The molecule has 1 aromatic carbocycles. The second kappa shape index (κ2) is 4.30. The van der Waals surface area contributed by atoms with Crippen molar-refractivity contribution in [2.24, 2.45) is 5.90 Å². The van der Waals surface area contributed by atoms with Crippen LogP contribution < -0.4 is 10.6 Å². The largest absolute Gasteiger partial charge is 0.495 e. The second-order valence-corrected chi connectivity index (χ2v) is 2.69. The second-order valence-electron chi connectivity index (χ2n) is 2.28. The smallest absolute Gasteiger partial charge is 0.137 e. The third kappa shape index (κ3) is 2.11. The van der Waals surface area contributed by atoms with Crippen LogP contribution in [0.15, 0.2) is 18.2 Å². The summed E-state index contributed by atoms with van der Waals surface area (Å²) >= 11 is 5.84. The van der Waals surface area contributed by atoms with Crippen molar-refractivity contribution in [3.8, 4) is 5.75 Å². The number of halogens is 1. The predicted molar refractivity (Wildman–Crippen MR) is 47.0 cm³/mol. The molecule has 0 saturated carbocycles. The molecule has 0 radical (unpaired) electrons. The Hall–Kier alpha value is -0.770. The van der Waals surface area contributed by atoms with Crippen molar-refractivity contribution in [3.05, 3.63) is 28.8 Å². The number of nitrogens with two attached hydrogens (primary N) is 1. The quantitative estimate of drug-likeness (QED) is 0.734. The summed E-state index contributed by atoms with van der Waals surface area (Å²) in [6, 6.07) is 5.38. The molecule has 3 nitrogen and oxygen atoms in total. The van der Waals surface area contributed by atoms with E-state index in [1.165, 1.54) is 0 Å². The summed E-state index contributed by atoms with van der Waals surface area (Å²) in [6.07, 6.45) is 0. The molecule has 0 fully saturated rings. The van der Waals surface area contributed by atoms with Crippen LogP contribution in [0.3, 0.4) is 0 Å². The van der Waals surface area contributed by atoms with Crippen LogP contribution in [0.1, 0.15) is 5.56 Å². The molecule has 0 aliphatic carbocycles. The van der Waals surface area contributed by atoms with Gasteiger partial charge in [0.2, 0.25) is 0 Å². The molecule has 0 amide bonds. The fraction of sp³-hybridized carbons (Fsp3) is 0.250. The fourth-order valence-corrected chi connectivity index (χ4v) is 1.18. The molecule has 0 aliphatic heterocycles. The minimum Gasteiger partial charge on any atom is -0.495 e. The summed E-state index contributed by atoms with van der Waals surface area (Å²) in [5.74, 6) is 5.56. The maximum Gasteiger partial charge on any atom is 0.137 e. The first-order valence-corrected chi connectivity index (χ1v) is 3.80. The number of hydrogen-bond acceptors (Lipinski definition) is 3. The van der Waals surface area contributed by atoms with Gasteiger partial charge in [-0.15, -0.1) is 0 Å². The van der Waals surface area contributed by atoms with Crippen molar-refractivity contribution in [3.63, 3.8) is 0 Å². The zero-order valence-electron chi connectivity index (χ0n) is 6.71. The summed E-state index contributed by atoms with van der Waals surface area (Å²) in [4.78, 5) is 4.46. The Kier molecular flexibility index (Phi) is 3.34. The highest BCUT2D eigenvalue weighted by Gasteiger charge is 2.00. The van der Waals surface area contributed by atoms with Crippen LogP contribution in [-0.4, -0.2) is 7.11 Å². The summed E-state index contributed by atoms with van der Waals surface area (Å²) in [7, 11) is 1.57. The van der Waals surface area contributed by atoms with Gasteiger partial charge in [0.1, 0.15) is 5.75 Å². The summed E-state index contributed by atoms with van der Waals surface area (Å²) < 4.78 is 4.97. The van der Waals surface area contributed by atoms with Crippen LogP contribution in [0.25, 0.3) is 0 Å². The third-order valence-electron chi connectivity index (χ3n) is 1.47. The molecular formula is C8H10ClNO2. The summed E-state index contributed by atoms with van der Waals surface area (Å²) in [5, 5.41) is 0.562. The van der Waals surface area contributed by atoms with E-state index < -0.39 is 0 Å². The summed E-state index contributed by atoms with van der Waals surface area (Å²) in [6.45, 7) is 0.351. The van der Waals surface area contributed by atoms with Crippen LogP contribution in [0, 0.1) is 0 Å². The topological polar surface area (TPSA) is 44.5 Å². The Morgan fingerprint density at radius 3 is 2.75 bits per heavy atom. The van der Waals surface area contributed by atoms with E-state index in [2.05, 4.69) is 4.84 Å². The maximum atomic E-state index is 5.84. The van der Waals surface area contributed by atoms with Gasteiger partial charge in [0.25, 0.3) is 0 Å². The van der Waals surface area contributed by atoms with Gasteiger partial charge in [-0.1, -0.05) is 17.7 Å². The van der Waals surface area contributed by atoms with Crippen LogP contribution in [0.5, 0.6) is 5.75 Å². The minimum atomic E-state index is 0.351. The molecule has 4 heteroatoms. The first kappa shape index (κ1) is 9.32. The third-order valence-corrected chi connectivity index (χ3v) is 1.76. The Morgan fingerprint density at radius 1 is 1.50 bits per heavy atom. The zero-order chi connectivity index (χ0) is 8.97. The molecule has 0 aliphatic rings. The maximum absolute atomic E-state index is 5.84. The lowest BCUT2D eigenvalue weighted by molar-refractivity contribution is 0.124. The molecule has 0 bridgehead atoms. The monoisotopic (exact) mass is 187 g/mol. The Balaban J connectivity index is 2.86. The highest BCUT2D eigenvalue weighted by molar-refractivity contribution is 6.32. The molecular weight excluding hydrogens is 178 g/mol. The molecule has 0 aromatic heterocycles. The molecule has 0 heterocycles. The highest BCUT2D eigenvalue weighted by atomic mass is 35.5. The van der Waals surface area contributed by atoms with Crippen molar-refractivity contribution < 1.29 is 9.57 Å². The molecule has 0 unspecified atom stereocenters. The van der Waals surface area contributed by atoms with E-state index in [0.717, 1.165) is 5.56 Å². The van der Waals surface area contributed by atoms with E-state index in [0.29, 0.717) is 17.4 Å². The molecule has 66 valence electrons. The van der Waals surface area contributed by atoms with Gasteiger partial charge in [-0.05, 0) is 17.7 Å². The SMILES string of the molecule is COc1ccc(CON)cc1Cl. The molecule has 0 spiro atoms. The van der Waals surface area contributed by atoms with Gasteiger partial charge >= 0.3 is 0 Å². The van der Waals surface area contributed by atoms with E-state index in [4.69, 9.17) is 22.2 Å². The predicted octanol–water partition coefficient (Wildman–Crippen LogP) is 1.74. The number of rotatable bonds is 3. The van der Waals surface area contributed by atoms with Crippen LogP contribution in [-0.2, 0) is 11.4 Å². The van der Waals surface area contributed by atoms with Crippen LogP contribution in [0.2, 0.25) is 5.02 Å². The molecule has 2 N–H and O–H groups in total. The standard InChI is InChI=1S/C8H10ClNO2/c1-11-8-3-2-6(5-12-10)4-7(8)9/h2-4H,5,10H2,1H3. The van der Waals surface area contributed by atoms with Crippen molar-refractivity contribution in [1.82, 2.24) is 0 Å². The van der Waals surface area contributed by atoms with Gasteiger partial charge in [-0.2, -0.15) is 0 Å². The molecule has 0 saturated heterocycles. The highest BCUT2D eigenvalue weighted by Crippen LogP contribution is 2.24. The van der Waals surface area contributed by atoms with Gasteiger partial charge in [-0.3, -0.25) is 4.84 Å². The normalized spacial score (nSPS) is 9.92. The van der Waals surface area contributed by atoms with Crippen molar-refractivity contribution in [2.75, 3.05) is 7.11 Å². The summed E-state index contributed by atoms with van der Waals surface area (Å²) in [5.41, 5.74) is 0.920. The average Bonchev–Trinajstić information content (AvgIpc) is 2.05. The van der Waals surface area contributed by atoms with Crippen molar-refractivity contribution in [1.29, 1.82) is 0 Å². The fourth-order valence-electron chi connectivity index (χ4n) is 0.896. The van der Waals surface area contributed by atoms with Gasteiger partial charge in [0.15, 0.2) is 0 Å².